The van der Waals surface area contributed by atoms with Crippen molar-refractivity contribution in [3.05, 3.63) is 51.0 Å². The highest BCUT2D eigenvalue weighted by atomic mass is 79.9. The van der Waals surface area contributed by atoms with Crippen molar-refractivity contribution in [3.63, 3.8) is 0 Å². The third-order valence-corrected chi connectivity index (χ3v) is 4.98. The summed E-state index contributed by atoms with van der Waals surface area (Å²) >= 11 is 9.70. The van der Waals surface area contributed by atoms with Crippen molar-refractivity contribution in [1.29, 1.82) is 0 Å². The number of benzene rings is 2. The maximum absolute atomic E-state index is 12.1. The van der Waals surface area contributed by atoms with E-state index in [0.29, 0.717) is 23.7 Å². The summed E-state index contributed by atoms with van der Waals surface area (Å²) in [5.41, 5.74) is 9.62. The number of imidazole rings is 1. The summed E-state index contributed by atoms with van der Waals surface area (Å²) in [6.45, 7) is 3.08. The van der Waals surface area contributed by atoms with Crippen LogP contribution >= 0.6 is 27.5 Å². The number of rotatable bonds is 5. The summed E-state index contributed by atoms with van der Waals surface area (Å²) in [7, 11) is 0. The van der Waals surface area contributed by atoms with Crippen LogP contribution in [-0.4, -0.2) is 29.0 Å². The summed E-state index contributed by atoms with van der Waals surface area (Å²) in [6, 6.07) is 9.26. The van der Waals surface area contributed by atoms with Gasteiger partial charge < -0.3 is 16.0 Å². The van der Waals surface area contributed by atoms with Gasteiger partial charge in [-0.15, -0.1) is 0 Å². The average molecular weight is 422 g/mol. The number of aromatic amines is 1. The minimum atomic E-state index is -0.118. The van der Waals surface area contributed by atoms with E-state index in [2.05, 4.69) is 31.2 Å². The van der Waals surface area contributed by atoms with Crippen LogP contribution in [0, 0.1) is 6.92 Å². The lowest BCUT2D eigenvalue weighted by Crippen LogP contribution is -2.25. The summed E-state index contributed by atoms with van der Waals surface area (Å²) in [4.78, 5) is 20.0. The first kappa shape index (κ1) is 17.9. The second-order valence-corrected chi connectivity index (χ2v) is 7.06. The van der Waals surface area contributed by atoms with Crippen molar-refractivity contribution in [2.24, 2.45) is 5.73 Å². The summed E-state index contributed by atoms with van der Waals surface area (Å²) in [5.74, 6) is 0.603. The fourth-order valence-electron chi connectivity index (χ4n) is 2.52. The standard InChI is InChI=1S/C18H18BrClN4O/c1-10-7-15-16(9-14(10)20)24-17(23-15)12-4-3-11(8-13(12)19)18(25)22-6-2-5-21/h3-4,7-9H,2,5-6,21H2,1H3,(H,22,25)(H,23,24). The van der Waals surface area contributed by atoms with E-state index in [9.17, 15) is 4.79 Å². The number of nitrogens with zero attached hydrogens (tertiary/aromatic N) is 1. The average Bonchev–Trinajstić information content (AvgIpc) is 2.97. The Hall–Kier alpha value is -1.89. The third kappa shape index (κ3) is 3.86. The van der Waals surface area contributed by atoms with Gasteiger partial charge in [0, 0.05) is 27.2 Å². The van der Waals surface area contributed by atoms with E-state index in [1.807, 2.05) is 25.1 Å². The molecule has 0 unspecified atom stereocenters. The molecule has 25 heavy (non-hydrogen) atoms. The minimum absolute atomic E-state index is 0.118. The minimum Gasteiger partial charge on any atom is -0.352 e. The molecule has 1 amide bonds. The molecule has 3 rings (SSSR count). The number of nitrogens with two attached hydrogens (primary N) is 1. The van der Waals surface area contributed by atoms with Crippen molar-refractivity contribution < 1.29 is 4.79 Å². The predicted octanol–water partition coefficient (Wildman–Crippen LogP) is 4.03. The Bertz CT molecular complexity index is 899. The van der Waals surface area contributed by atoms with Crippen LogP contribution in [0.15, 0.2) is 34.8 Å². The van der Waals surface area contributed by atoms with E-state index in [4.69, 9.17) is 17.3 Å². The van der Waals surface area contributed by atoms with Crippen molar-refractivity contribution in [2.45, 2.75) is 13.3 Å². The van der Waals surface area contributed by atoms with E-state index in [0.717, 1.165) is 38.9 Å². The SMILES string of the molecule is Cc1cc2[nH]c(-c3ccc(C(=O)NCCCN)cc3Br)nc2cc1Cl. The largest absolute Gasteiger partial charge is 0.352 e. The van der Waals surface area contributed by atoms with Gasteiger partial charge in [0.25, 0.3) is 5.91 Å². The highest BCUT2D eigenvalue weighted by molar-refractivity contribution is 9.10. The Balaban J connectivity index is 1.89. The molecule has 0 bridgehead atoms. The Morgan fingerprint density at radius 2 is 2.16 bits per heavy atom. The molecule has 0 saturated heterocycles. The summed E-state index contributed by atoms with van der Waals surface area (Å²) in [6.07, 6.45) is 0.756. The molecule has 0 aliphatic rings. The number of fused-ring (bicyclic) bond motifs is 1. The summed E-state index contributed by atoms with van der Waals surface area (Å²) in [5, 5.41) is 3.53. The van der Waals surface area contributed by atoms with Gasteiger partial charge in [0.1, 0.15) is 5.82 Å². The molecule has 7 heteroatoms. The van der Waals surface area contributed by atoms with Gasteiger partial charge in [-0.1, -0.05) is 27.5 Å². The van der Waals surface area contributed by atoms with E-state index < -0.39 is 0 Å². The Labute approximate surface area is 159 Å². The molecular formula is C18H18BrClN4O. The van der Waals surface area contributed by atoms with Crippen molar-refractivity contribution >= 4 is 44.5 Å². The van der Waals surface area contributed by atoms with Crippen LogP contribution in [0.3, 0.4) is 0 Å². The quantitative estimate of drug-likeness (QED) is 0.544. The number of carbonyl (C=O) groups is 1. The van der Waals surface area contributed by atoms with Crippen LogP contribution < -0.4 is 11.1 Å². The second-order valence-electron chi connectivity index (χ2n) is 5.80. The molecule has 3 aromatic rings. The Morgan fingerprint density at radius 1 is 1.36 bits per heavy atom. The van der Waals surface area contributed by atoms with Gasteiger partial charge in [0.05, 0.1) is 11.0 Å². The molecule has 0 spiro atoms. The smallest absolute Gasteiger partial charge is 0.251 e. The van der Waals surface area contributed by atoms with Crippen molar-refractivity contribution in [1.82, 2.24) is 15.3 Å². The van der Waals surface area contributed by atoms with Gasteiger partial charge in [-0.3, -0.25) is 4.79 Å². The lowest BCUT2D eigenvalue weighted by Gasteiger charge is -2.07. The van der Waals surface area contributed by atoms with Gasteiger partial charge in [0.15, 0.2) is 0 Å². The van der Waals surface area contributed by atoms with Gasteiger partial charge in [0.2, 0.25) is 0 Å². The first-order valence-corrected chi connectivity index (χ1v) is 9.10. The first-order valence-electron chi connectivity index (χ1n) is 7.93. The first-order chi connectivity index (χ1) is 12.0. The zero-order chi connectivity index (χ0) is 18.0. The number of carbonyl (C=O) groups excluding carboxylic acids is 1. The number of nitrogens with one attached hydrogen (secondary N) is 2. The molecule has 0 saturated carbocycles. The summed E-state index contributed by atoms with van der Waals surface area (Å²) < 4.78 is 0.792. The number of aromatic nitrogens is 2. The van der Waals surface area contributed by atoms with Crippen LogP contribution in [-0.2, 0) is 0 Å². The topological polar surface area (TPSA) is 83.8 Å². The molecule has 1 aromatic heterocycles. The molecule has 4 N–H and O–H groups in total. The molecule has 1 heterocycles. The number of H-pyrrole nitrogens is 1. The van der Waals surface area contributed by atoms with Gasteiger partial charge in [-0.05, 0) is 55.8 Å². The molecule has 130 valence electrons. The van der Waals surface area contributed by atoms with Gasteiger partial charge in [-0.2, -0.15) is 0 Å². The zero-order valence-electron chi connectivity index (χ0n) is 13.7. The van der Waals surface area contributed by atoms with E-state index in [1.54, 1.807) is 12.1 Å². The molecule has 0 radical (unpaired) electrons. The van der Waals surface area contributed by atoms with E-state index in [1.165, 1.54) is 0 Å². The highest BCUT2D eigenvalue weighted by Crippen LogP contribution is 2.30. The Morgan fingerprint density at radius 3 is 2.88 bits per heavy atom. The number of hydrogen-bond donors (Lipinski definition) is 3. The van der Waals surface area contributed by atoms with Crippen LogP contribution in [0.4, 0.5) is 0 Å². The third-order valence-electron chi connectivity index (χ3n) is 3.92. The molecule has 2 aromatic carbocycles. The second kappa shape index (κ2) is 7.56. The number of amides is 1. The van der Waals surface area contributed by atoms with Crippen LogP contribution in [0.25, 0.3) is 22.4 Å². The normalized spacial score (nSPS) is 11.0. The lowest BCUT2D eigenvalue weighted by molar-refractivity contribution is 0.0953. The Kier molecular flexibility index (Phi) is 5.42. The lowest BCUT2D eigenvalue weighted by atomic mass is 10.1. The van der Waals surface area contributed by atoms with E-state index in [-0.39, 0.29) is 5.91 Å². The van der Waals surface area contributed by atoms with Crippen LogP contribution in [0.1, 0.15) is 22.3 Å². The molecule has 0 atom stereocenters. The maximum atomic E-state index is 12.1. The number of halogens is 2. The van der Waals surface area contributed by atoms with Crippen LogP contribution in [0.5, 0.6) is 0 Å². The fraction of sp³-hybridized carbons (Fsp3) is 0.222. The monoisotopic (exact) mass is 420 g/mol. The molecule has 5 nitrogen and oxygen atoms in total. The van der Waals surface area contributed by atoms with E-state index >= 15 is 0 Å². The molecule has 0 aliphatic heterocycles. The van der Waals surface area contributed by atoms with Crippen molar-refractivity contribution in [3.8, 4) is 11.4 Å². The zero-order valence-corrected chi connectivity index (χ0v) is 16.0. The number of aryl methyl sites for hydroxylation is 1. The van der Waals surface area contributed by atoms with Crippen LogP contribution in [0.2, 0.25) is 5.02 Å². The van der Waals surface area contributed by atoms with Crippen molar-refractivity contribution in [2.75, 3.05) is 13.1 Å². The molecular weight excluding hydrogens is 404 g/mol. The predicted molar refractivity (Wildman–Crippen MR) is 105 cm³/mol. The fourth-order valence-corrected chi connectivity index (χ4v) is 3.25. The maximum Gasteiger partial charge on any atom is 0.251 e. The highest BCUT2D eigenvalue weighted by Gasteiger charge is 2.13. The molecule has 0 fully saturated rings. The molecule has 0 aliphatic carbocycles. The van der Waals surface area contributed by atoms with Gasteiger partial charge in [-0.25, -0.2) is 4.98 Å². The number of hydrogen-bond acceptors (Lipinski definition) is 3. The van der Waals surface area contributed by atoms with Gasteiger partial charge >= 0.3 is 0 Å².